The number of hydrogen-bond donors (Lipinski definition) is 0. The summed E-state index contributed by atoms with van der Waals surface area (Å²) >= 11 is 0. The molecule has 2 aromatic rings. The predicted octanol–water partition coefficient (Wildman–Crippen LogP) is 4.36. The molecule has 86 valence electrons. The van der Waals surface area contributed by atoms with E-state index in [1.54, 1.807) is 0 Å². The Hall–Kier alpha value is -1.46. The summed E-state index contributed by atoms with van der Waals surface area (Å²) in [4.78, 5) is 0. The SMILES string of the molecule is CCC([PH+]=O)(c1ccccc1)c1ccccc1. The topological polar surface area (TPSA) is 17.1 Å². The standard InChI is InChI=1S/C15H15OP/c1-2-15(17-16,13-9-5-3-6-10-13)14-11-7-4-8-12-14/h3-12H,2H2,1H3/p+1. The van der Waals surface area contributed by atoms with Gasteiger partial charge in [-0.1, -0.05) is 72.2 Å². The van der Waals surface area contributed by atoms with E-state index in [1.165, 1.54) is 0 Å². The summed E-state index contributed by atoms with van der Waals surface area (Å²) in [5, 5.41) is -0.359. The molecule has 2 heteroatoms. The quantitative estimate of drug-likeness (QED) is 0.729. The van der Waals surface area contributed by atoms with Gasteiger partial charge in [-0.25, -0.2) is 0 Å². The van der Waals surface area contributed by atoms with Crippen LogP contribution in [0.3, 0.4) is 0 Å². The zero-order chi connectivity index (χ0) is 12.1. The molecule has 0 aliphatic rings. The van der Waals surface area contributed by atoms with Gasteiger partial charge in [-0.3, -0.25) is 0 Å². The first-order chi connectivity index (χ1) is 8.33. The summed E-state index contributed by atoms with van der Waals surface area (Å²) < 4.78 is 11.8. The molecule has 1 unspecified atom stereocenters. The van der Waals surface area contributed by atoms with Crippen molar-refractivity contribution in [2.45, 2.75) is 18.5 Å². The van der Waals surface area contributed by atoms with Gasteiger partial charge in [-0.15, -0.1) is 0 Å². The van der Waals surface area contributed by atoms with Crippen molar-refractivity contribution in [2.24, 2.45) is 0 Å². The summed E-state index contributed by atoms with van der Waals surface area (Å²) in [6.07, 6.45) is 0.836. The van der Waals surface area contributed by atoms with Crippen LogP contribution in [0.4, 0.5) is 0 Å². The molecule has 0 spiro atoms. The third-order valence-electron chi connectivity index (χ3n) is 3.24. The third kappa shape index (κ3) is 2.16. The second-order valence-corrected chi connectivity index (χ2v) is 5.15. The van der Waals surface area contributed by atoms with Crippen LogP contribution in [0.5, 0.6) is 0 Å². The Bertz CT molecular complexity index is 439. The highest BCUT2D eigenvalue weighted by Gasteiger charge is 2.40. The van der Waals surface area contributed by atoms with Gasteiger partial charge in [0.1, 0.15) is 0 Å². The molecular weight excluding hydrogens is 227 g/mol. The van der Waals surface area contributed by atoms with Crippen molar-refractivity contribution >= 4 is 8.46 Å². The maximum absolute atomic E-state index is 11.8. The van der Waals surface area contributed by atoms with Gasteiger partial charge in [0.05, 0.1) is 0 Å². The van der Waals surface area contributed by atoms with E-state index in [2.05, 4.69) is 31.2 Å². The van der Waals surface area contributed by atoms with Gasteiger partial charge in [-0.05, 0) is 0 Å². The lowest BCUT2D eigenvalue weighted by Gasteiger charge is -2.20. The van der Waals surface area contributed by atoms with Gasteiger partial charge < -0.3 is 0 Å². The molecular formula is C15H16OP+. The minimum absolute atomic E-state index is 0.359. The Morgan fingerprint density at radius 1 is 0.882 bits per heavy atom. The van der Waals surface area contributed by atoms with Gasteiger partial charge in [0.15, 0.2) is 0 Å². The van der Waals surface area contributed by atoms with E-state index in [-0.39, 0.29) is 13.6 Å². The van der Waals surface area contributed by atoms with E-state index in [0.717, 1.165) is 17.5 Å². The fraction of sp³-hybridized carbons (Fsp3) is 0.200. The van der Waals surface area contributed by atoms with Crippen LogP contribution in [0.2, 0.25) is 0 Å². The highest BCUT2D eigenvalue weighted by atomic mass is 31.1. The fourth-order valence-corrected chi connectivity index (χ4v) is 2.92. The molecule has 0 N–H and O–H groups in total. The van der Waals surface area contributed by atoms with E-state index in [4.69, 9.17) is 0 Å². The summed E-state index contributed by atoms with van der Waals surface area (Å²) in [6, 6.07) is 20.2. The minimum Gasteiger partial charge on any atom is -0.0760 e. The van der Waals surface area contributed by atoms with Crippen LogP contribution in [-0.2, 0) is 9.72 Å². The highest BCUT2D eigenvalue weighted by Crippen LogP contribution is 2.44. The first-order valence-electron chi connectivity index (χ1n) is 5.84. The first-order valence-corrected chi connectivity index (χ1v) is 6.74. The lowest BCUT2D eigenvalue weighted by Crippen LogP contribution is -2.19. The van der Waals surface area contributed by atoms with Crippen LogP contribution in [-0.4, -0.2) is 0 Å². The normalized spacial score (nSPS) is 11.6. The molecule has 0 fully saturated rings. The molecule has 0 aliphatic carbocycles. The van der Waals surface area contributed by atoms with Gasteiger partial charge in [0, 0.05) is 17.5 Å². The molecule has 0 saturated carbocycles. The van der Waals surface area contributed by atoms with E-state index in [1.807, 2.05) is 36.4 Å². The average Bonchev–Trinajstić information content (AvgIpc) is 2.43. The van der Waals surface area contributed by atoms with Crippen molar-refractivity contribution in [3.8, 4) is 0 Å². The van der Waals surface area contributed by atoms with Crippen LogP contribution < -0.4 is 0 Å². The Labute approximate surface area is 104 Å². The first kappa shape index (κ1) is 12.0. The summed E-state index contributed by atoms with van der Waals surface area (Å²) in [5.41, 5.74) is 2.25. The van der Waals surface area contributed by atoms with Crippen LogP contribution in [0.15, 0.2) is 60.7 Å². The average molecular weight is 243 g/mol. The largest absolute Gasteiger partial charge is 0.340 e. The summed E-state index contributed by atoms with van der Waals surface area (Å²) in [6.45, 7) is 2.09. The van der Waals surface area contributed by atoms with Crippen molar-refractivity contribution in [1.29, 1.82) is 0 Å². The maximum atomic E-state index is 11.8. The molecule has 2 rings (SSSR count). The lowest BCUT2D eigenvalue weighted by atomic mass is 9.88. The second-order valence-electron chi connectivity index (χ2n) is 4.09. The van der Waals surface area contributed by atoms with Crippen molar-refractivity contribution in [1.82, 2.24) is 0 Å². The fourth-order valence-electron chi connectivity index (χ4n) is 2.21. The molecule has 1 atom stereocenters. The van der Waals surface area contributed by atoms with Gasteiger partial charge in [0.25, 0.3) is 0 Å². The number of rotatable bonds is 4. The zero-order valence-corrected chi connectivity index (χ0v) is 10.9. The van der Waals surface area contributed by atoms with E-state index in [9.17, 15) is 4.57 Å². The molecule has 17 heavy (non-hydrogen) atoms. The molecule has 2 aromatic carbocycles. The Kier molecular flexibility index (Phi) is 3.71. The molecule has 0 amide bonds. The lowest BCUT2D eigenvalue weighted by molar-refractivity contribution is 0.569. The van der Waals surface area contributed by atoms with E-state index < -0.39 is 0 Å². The van der Waals surface area contributed by atoms with Crippen LogP contribution in [0.25, 0.3) is 0 Å². The van der Waals surface area contributed by atoms with Crippen molar-refractivity contribution < 1.29 is 4.57 Å². The Balaban J connectivity index is 2.58. The molecule has 0 aromatic heterocycles. The molecule has 0 heterocycles. The van der Waals surface area contributed by atoms with E-state index in [0.29, 0.717) is 0 Å². The van der Waals surface area contributed by atoms with Crippen molar-refractivity contribution in [3.63, 3.8) is 0 Å². The number of hydrogen-bond acceptors (Lipinski definition) is 1. The monoisotopic (exact) mass is 243 g/mol. The third-order valence-corrected chi connectivity index (χ3v) is 4.52. The molecule has 0 bridgehead atoms. The summed E-state index contributed by atoms with van der Waals surface area (Å²) in [7, 11) is -0.376. The molecule has 1 nitrogen and oxygen atoms in total. The van der Waals surface area contributed by atoms with Gasteiger partial charge in [0.2, 0.25) is 5.16 Å². The molecule has 0 radical (unpaired) electrons. The maximum Gasteiger partial charge on any atom is 0.340 e. The van der Waals surface area contributed by atoms with Crippen LogP contribution in [0, 0.1) is 0 Å². The highest BCUT2D eigenvalue weighted by molar-refractivity contribution is 7.26. The Morgan fingerprint density at radius 3 is 1.59 bits per heavy atom. The van der Waals surface area contributed by atoms with Crippen LogP contribution >= 0.6 is 8.46 Å². The van der Waals surface area contributed by atoms with Crippen molar-refractivity contribution in [2.75, 3.05) is 0 Å². The smallest absolute Gasteiger partial charge is 0.0760 e. The van der Waals surface area contributed by atoms with Gasteiger partial charge >= 0.3 is 8.46 Å². The van der Waals surface area contributed by atoms with Crippen LogP contribution in [0.1, 0.15) is 24.5 Å². The Morgan fingerprint density at radius 2 is 1.29 bits per heavy atom. The second kappa shape index (κ2) is 5.25. The molecule has 0 aliphatic heterocycles. The van der Waals surface area contributed by atoms with E-state index >= 15 is 0 Å². The number of benzene rings is 2. The molecule has 0 saturated heterocycles. The zero-order valence-electron chi connectivity index (χ0n) is 9.89. The predicted molar refractivity (Wildman–Crippen MR) is 73.0 cm³/mol. The van der Waals surface area contributed by atoms with Crippen molar-refractivity contribution in [3.05, 3.63) is 71.8 Å². The minimum atomic E-state index is -0.376. The summed E-state index contributed by atoms with van der Waals surface area (Å²) in [5.74, 6) is 0. The van der Waals surface area contributed by atoms with Gasteiger partial charge in [-0.2, -0.15) is 0 Å².